The van der Waals surface area contributed by atoms with Crippen molar-refractivity contribution in [1.29, 1.82) is 0 Å². The van der Waals surface area contributed by atoms with Gasteiger partial charge in [-0.15, -0.1) is 0 Å². The summed E-state index contributed by atoms with van der Waals surface area (Å²) in [4.78, 5) is 17.7. The molecular weight excluding hydrogens is 242 g/mol. The molecule has 1 aromatic heterocycles. The van der Waals surface area contributed by atoms with Crippen molar-refractivity contribution in [2.45, 2.75) is 12.8 Å². The van der Waals surface area contributed by atoms with Gasteiger partial charge < -0.3 is 15.0 Å². The molecule has 1 amide bonds. The Balaban J connectivity index is 1.72. The van der Waals surface area contributed by atoms with Crippen molar-refractivity contribution < 1.29 is 9.53 Å². The number of piperidine rings is 1. The predicted molar refractivity (Wildman–Crippen MR) is 74.1 cm³/mol. The molecule has 0 atom stereocenters. The number of amides is 1. The quantitative estimate of drug-likeness (QED) is 0.863. The minimum Gasteiger partial charge on any atom is -0.375 e. The Bertz CT molecular complexity index is 389. The Kier molecular flexibility index (Phi) is 5.15. The minimum absolute atomic E-state index is 0.0286. The lowest BCUT2D eigenvalue weighted by molar-refractivity contribution is -0.124. The van der Waals surface area contributed by atoms with Crippen LogP contribution in [0.4, 0.5) is 5.69 Å². The first-order valence-corrected chi connectivity index (χ1v) is 6.70. The zero-order valence-corrected chi connectivity index (χ0v) is 11.3. The molecule has 1 aliphatic rings. The van der Waals surface area contributed by atoms with Gasteiger partial charge in [-0.05, 0) is 30.9 Å². The molecule has 0 aromatic carbocycles. The third-order valence-corrected chi connectivity index (χ3v) is 3.51. The molecule has 1 fully saturated rings. The summed E-state index contributed by atoms with van der Waals surface area (Å²) in [5, 5.41) is 2.92. The second-order valence-electron chi connectivity index (χ2n) is 4.87. The monoisotopic (exact) mass is 263 g/mol. The summed E-state index contributed by atoms with van der Waals surface area (Å²) in [6.07, 6.45) is 5.87. The van der Waals surface area contributed by atoms with E-state index in [4.69, 9.17) is 4.74 Å². The smallest absolute Gasteiger partial charge is 0.245 e. The van der Waals surface area contributed by atoms with Gasteiger partial charge in [0.15, 0.2) is 0 Å². The molecule has 2 rings (SSSR count). The van der Waals surface area contributed by atoms with Gasteiger partial charge in [-0.2, -0.15) is 0 Å². The largest absolute Gasteiger partial charge is 0.375 e. The van der Waals surface area contributed by atoms with E-state index >= 15 is 0 Å². The average Bonchev–Trinajstić information content (AvgIpc) is 2.47. The molecule has 0 aliphatic carbocycles. The molecule has 0 bridgehead atoms. The van der Waals surface area contributed by atoms with Crippen LogP contribution in [0.25, 0.3) is 0 Å². The highest BCUT2D eigenvalue weighted by atomic mass is 16.5. The van der Waals surface area contributed by atoms with Crippen molar-refractivity contribution in [3.63, 3.8) is 0 Å². The van der Waals surface area contributed by atoms with E-state index in [1.165, 1.54) is 12.8 Å². The number of ether oxygens (including phenoxy) is 1. The molecule has 5 nitrogen and oxygen atoms in total. The maximum atomic E-state index is 11.3. The SMILES string of the molecule is COCC(=O)NCC1CCN(c2ccncc2)CC1. The van der Waals surface area contributed by atoms with E-state index in [-0.39, 0.29) is 12.5 Å². The van der Waals surface area contributed by atoms with Gasteiger partial charge in [0, 0.05) is 44.8 Å². The van der Waals surface area contributed by atoms with Crippen molar-refractivity contribution in [3.8, 4) is 0 Å². The lowest BCUT2D eigenvalue weighted by Gasteiger charge is -2.33. The maximum absolute atomic E-state index is 11.3. The van der Waals surface area contributed by atoms with Crippen LogP contribution >= 0.6 is 0 Å². The standard InChI is InChI=1S/C14H21N3O2/c1-19-11-14(18)16-10-12-4-8-17(9-5-12)13-2-6-15-7-3-13/h2-3,6-7,12H,4-5,8-11H2,1H3,(H,16,18). The van der Waals surface area contributed by atoms with Crippen molar-refractivity contribution in [1.82, 2.24) is 10.3 Å². The van der Waals surface area contributed by atoms with E-state index in [0.717, 1.165) is 32.5 Å². The summed E-state index contributed by atoms with van der Waals surface area (Å²) in [7, 11) is 1.53. The van der Waals surface area contributed by atoms with E-state index in [0.29, 0.717) is 5.92 Å². The van der Waals surface area contributed by atoms with Crippen LogP contribution in [-0.2, 0) is 9.53 Å². The van der Waals surface area contributed by atoms with Crippen LogP contribution < -0.4 is 10.2 Å². The van der Waals surface area contributed by atoms with Crippen molar-refractivity contribution in [2.24, 2.45) is 5.92 Å². The fourth-order valence-electron chi connectivity index (χ4n) is 2.39. The van der Waals surface area contributed by atoms with E-state index in [1.807, 2.05) is 24.5 Å². The lowest BCUT2D eigenvalue weighted by atomic mass is 9.96. The molecule has 5 heteroatoms. The molecule has 2 heterocycles. The molecule has 1 N–H and O–H groups in total. The Morgan fingerprint density at radius 2 is 2.11 bits per heavy atom. The number of anilines is 1. The first-order chi connectivity index (χ1) is 9.29. The molecule has 0 spiro atoms. The summed E-state index contributed by atoms with van der Waals surface area (Å²) < 4.78 is 4.79. The van der Waals surface area contributed by atoms with Crippen LogP contribution in [0.1, 0.15) is 12.8 Å². The van der Waals surface area contributed by atoms with Gasteiger partial charge in [-0.3, -0.25) is 9.78 Å². The summed E-state index contributed by atoms with van der Waals surface area (Å²) in [5.41, 5.74) is 1.23. The summed E-state index contributed by atoms with van der Waals surface area (Å²) in [5.74, 6) is 0.540. The van der Waals surface area contributed by atoms with Gasteiger partial charge in [-0.25, -0.2) is 0 Å². The van der Waals surface area contributed by atoms with Crippen LogP contribution in [-0.4, -0.2) is 44.2 Å². The van der Waals surface area contributed by atoms with Gasteiger partial charge in [0.2, 0.25) is 5.91 Å². The number of nitrogens with one attached hydrogen (secondary N) is 1. The first kappa shape index (κ1) is 13.8. The second-order valence-corrected chi connectivity index (χ2v) is 4.87. The molecule has 0 saturated carbocycles. The maximum Gasteiger partial charge on any atom is 0.245 e. The van der Waals surface area contributed by atoms with Gasteiger partial charge in [0.05, 0.1) is 0 Å². The molecule has 0 radical (unpaired) electrons. The van der Waals surface area contributed by atoms with E-state index in [1.54, 1.807) is 0 Å². The number of aromatic nitrogens is 1. The van der Waals surface area contributed by atoms with Gasteiger partial charge in [0.25, 0.3) is 0 Å². The predicted octanol–water partition coefficient (Wildman–Crippen LogP) is 1.06. The van der Waals surface area contributed by atoms with Crippen molar-refractivity contribution in [3.05, 3.63) is 24.5 Å². The number of carbonyl (C=O) groups excluding carboxylic acids is 1. The number of pyridine rings is 1. The van der Waals surface area contributed by atoms with Crippen LogP contribution in [0.15, 0.2) is 24.5 Å². The van der Waals surface area contributed by atoms with Crippen LogP contribution in [0.5, 0.6) is 0 Å². The van der Waals surface area contributed by atoms with Crippen LogP contribution in [0.3, 0.4) is 0 Å². The summed E-state index contributed by atoms with van der Waals surface area (Å²) in [6, 6.07) is 4.08. The summed E-state index contributed by atoms with van der Waals surface area (Å²) in [6.45, 7) is 2.98. The molecule has 19 heavy (non-hydrogen) atoms. The molecule has 0 unspecified atom stereocenters. The normalized spacial score (nSPS) is 16.4. The number of nitrogens with zero attached hydrogens (tertiary/aromatic N) is 2. The zero-order chi connectivity index (χ0) is 13.5. The number of methoxy groups -OCH3 is 1. The first-order valence-electron chi connectivity index (χ1n) is 6.70. The van der Waals surface area contributed by atoms with Crippen molar-refractivity contribution >= 4 is 11.6 Å². The van der Waals surface area contributed by atoms with Crippen LogP contribution in [0.2, 0.25) is 0 Å². The van der Waals surface area contributed by atoms with E-state index in [9.17, 15) is 4.79 Å². The van der Waals surface area contributed by atoms with Gasteiger partial charge in [0.1, 0.15) is 6.61 Å². The zero-order valence-electron chi connectivity index (χ0n) is 11.3. The molecular formula is C14H21N3O2. The highest BCUT2D eigenvalue weighted by Crippen LogP contribution is 2.22. The fourth-order valence-corrected chi connectivity index (χ4v) is 2.39. The Hall–Kier alpha value is -1.62. The third kappa shape index (κ3) is 4.21. The van der Waals surface area contributed by atoms with Crippen molar-refractivity contribution in [2.75, 3.05) is 38.3 Å². The number of carbonyl (C=O) groups is 1. The second kappa shape index (κ2) is 7.09. The number of rotatable bonds is 5. The molecule has 1 aliphatic heterocycles. The highest BCUT2D eigenvalue weighted by Gasteiger charge is 2.19. The minimum atomic E-state index is -0.0286. The van der Waals surface area contributed by atoms with Crippen LogP contribution in [0, 0.1) is 5.92 Å². The highest BCUT2D eigenvalue weighted by molar-refractivity contribution is 5.77. The lowest BCUT2D eigenvalue weighted by Crippen LogP contribution is -2.39. The fraction of sp³-hybridized carbons (Fsp3) is 0.571. The topological polar surface area (TPSA) is 54.5 Å². The Morgan fingerprint density at radius 1 is 1.42 bits per heavy atom. The Labute approximate surface area is 114 Å². The van der Waals surface area contributed by atoms with Gasteiger partial charge in [-0.1, -0.05) is 0 Å². The number of hydrogen-bond donors (Lipinski definition) is 1. The Morgan fingerprint density at radius 3 is 2.74 bits per heavy atom. The molecule has 1 aromatic rings. The van der Waals surface area contributed by atoms with E-state index < -0.39 is 0 Å². The average molecular weight is 263 g/mol. The number of hydrogen-bond acceptors (Lipinski definition) is 4. The van der Waals surface area contributed by atoms with Gasteiger partial charge >= 0.3 is 0 Å². The summed E-state index contributed by atoms with van der Waals surface area (Å²) >= 11 is 0. The molecule has 104 valence electrons. The molecule has 1 saturated heterocycles. The van der Waals surface area contributed by atoms with E-state index in [2.05, 4.69) is 15.2 Å². The third-order valence-electron chi connectivity index (χ3n) is 3.51.